The Labute approximate surface area is 201 Å². The van der Waals surface area contributed by atoms with Crippen LogP contribution in [-0.4, -0.2) is 50.0 Å². The van der Waals surface area contributed by atoms with Crippen LogP contribution in [0.25, 0.3) is 0 Å². The minimum Gasteiger partial charge on any atom is -0.370 e. The van der Waals surface area contributed by atoms with Crippen LogP contribution in [0.3, 0.4) is 0 Å². The van der Waals surface area contributed by atoms with Gasteiger partial charge in [0.1, 0.15) is 0 Å². The van der Waals surface area contributed by atoms with Gasteiger partial charge in [-0.15, -0.1) is 0 Å². The predicted octanol–water partition coefficient (Wildman–Crippen LogP) is 2.39. The van der Waals surface area contributed by atoms with Crippen LogP contribution in [-0.2, 0) is 0 Å². The molecule has 10 nitrogen and oxygen atoms in total. The Balaban J connectivity index is 4.07. The third-order valence-electron chi connectivity index (χ3n) is 5.08. The molecule has 0 rings (SSSR count). The van der Waals surface area contributed by atoms with Crippen molar-refractivity contribution in [3.63, 3.8) is 0 Å². The highest BCUT2D eigenvalue weighted by molar-refractivity contribution is 5.97. The van der Waals surface area contributed by atoms with Crippen molar-refractivity contribution in [1.82, 2.24) is 10.6 Å². The molecule has 0 aromatic heterocycles. The molecule has 0 aromatic rings. The van der Waals surface area contributed by atoms with Crippen LogP contribution in [0.2, 0.25) is 0 Å². The fourth-order valence-electron chi connectivity index (χ4n) is 3.00. The van der Waals surface area contributed by atoms with E-state index in [1.54, 1.807) is 0 Å². The molecule has 0 aliphatic carbocycles. The second kappa shape index (κ2) is 21.3. The Hall–Kier alpha value is -2.52. The number of hydrogen-bond donors (Lipinski definition) is 6. The molecule has 0 saturated heterocycles. The fraction of sp³-hybridized carbons (Fsp3) is 0.826. The number of unbranched alkanes of at least 4 members (excludes halogenated alkanes) is 8. The molecule has 0 amide bonds. The smallest absolute Gasteiger partial charge is 0.195 e. The van der Waals surface area contributed by atoms with Crippen molar-refractivity contribution < 1.29 is 0 Å². The zero-order valence-electron chi connectivity index (χ0n) is 21.3. The molecule has 0 fully saturated rings. The topological polar surface area (TPSA) is 178 Å². The summed E-state index contributed by atoms with van der Waals surface area (Å²) in [7, 11) is 0. The van der Waals surface area contributed by atoms with Gasteiger partial charge in [-0.2, -0.15) is 0 Å². The van der Waals surface area contributed by atoms with Crippen molar-refractivity contribution in [2.75, 3.05) is 26.2 Å². The summed E-state index contributed by atoms with van der Waals surface area (Å²) in [5, 5.41) is 5.66. The van der Waals surface area contributed by atoms with Crippen molar-refractivity contribution >= 4 is 23.8 Å². The first kappa shape index (κ1) is 30.5. The van der Waals surface area contributed by atoms with E-state index in [1.807, 2.05) is 0 Å². The SMILES string of the molecule is CCCCCCCN=C(N)NC(N)=NCCC(C)CN=C(N)NC(N)=NCCCCCCC. The summed E-state index contributed by atoms with van der Waals surface area (Å²) in [6, 6.07) is 0. The molecule has 192 valence electrons. The fourth-order valence-corrected chi connectivity index (χ4v) is 3.00. The lowest BCUT2D eigenvalue weighted by Gasteiger charge is -2.09. The largest absolute Gasteiger partial charge is 0.370 e. The van der Waals surface area contributed by atoms with Crippen LogP contribution >= 0.6 is 0 Å². The monoisotopic (exact) mass is 466 g/mol. The number of aliphatic imine (C=N–C) groups is 4. The highest BCUT2D eigenvalue weighted by Crippen LogP contribution is 2.03. The third kappa shape index (κ3) is 21.1. The number of rotatable bonds is 17. The summed E-state index contributed by atoms with van der Waals surface area (Å²) >= 11 is 0. The Morgan fingerprint density at radius 2 is 0.970 bits per heavy atom. The molecule has 10 N–H and O–H groups in total. The predicted molar refractivity (Wildman–Crippen MR) is 144 cm³/mol. The number of nitrogens with one attached hydrogen (secondary N) is 2. The van der Waals surface area contributed by atoms with Gasteiger partial charge in [0.25, 0.3) is 0 Å². The van der Waals surface area contributed by atoms with Crippen molar-refractivity contribution in [1.29, 1.82) is 0 Å². The highest BCUT2D eigenvalue weighted by Gasteiger charge is 2.03. The number of nitrogens with zero attached hydrogens (tertiary/aromatic N) is 4. The molecule has 1 atom stereocenters. The molecule has 0 bridgehead atoms. The van der Waals surface area contributed by atoms with E-state index in [2.05, 4.69) is 51.4 Å². The summed E-state index contributed by atoms with van der Waals surface area (Å²) < 4.78 is 0. The summed E-state index contributed by atoms with van der Waals surface area (Å²) in [4.78, 5) is 17.2. The standard InChI is InChI=1S/C23H50N10/c1-4-6-8-10-12-15-28-20(24)32-22(26)30-17-14-19(3)18-31-23(27)33-21(25)29-16-13-11-9-7-5-2/h19H,4-18H2,1-3H3,(H5,24,26,28,30,32)(H5,25,27,29,31,33). The first-order valence-corrected chi connectivity index (χ1v) is 12.6. The first-order valence-electron chi connectivity index (χ1n) is 12.6. The van der Waals surface area contributed by atoms with E-state index in [9.17, 15) is 0 Å². The second-order valence-corrected chi connectivity index (χ2v) is 8.50. The molecular weight excluding hydrogens is 416 g/mol. The van der Waals surface area contributed by atoms with E-state index < -0.39 is 0 Å². The van der Waals surface area contributed by atoms with E-state index in [4.69, 9.17) is 22.9 Å². The molecule has 0 saturated carbocycles. The molecule has 0 aliphatic heterocycles. The second-order valence-electron chi connectivity index (χ2n) is 8.50. The molecule has 0 heterocycles. The maximum Gasteiger partial charge on any atom is 0.195 e. The molecule has 1 unspecified atom stereocenters. The normalized spacial score (nSPS) is 14.4. The van der Waals surface area contributed by atoms with Crippen LogP contribution in [0.1, 0.15) is 91.4 Å². The van der Waals surface area contributed by atoms with Gasteiger partial charge >= 0.3 is 0 Å². The van der Waals surface area contributed by atoms with Crippen LogP contribution in [0.15, 0.2) is 20.0 Å². The van der Waals surface area contributed by atoms with Gasteiger partial charge in [0.05, 0.1) is 0 Å². The molecule has 33 heavy (non-hydrogen) atoms. The van der Waals surface area contributed by atoms with E-state index in [0.29, 0.717) is 38.1 Å². The van der Waals surface area contributed by atoms with Crippen molar-refractivity contribution in [3.05, 3.63) is 0 Å². The quantitative estimate of drug-likeness (QED) is 0.109. The van der Waals surface area contributed by atoms with Crippen molar-refractivity contribution in [2.24, 2.45) is 48.8 Å². The van der Waals surface area contributed by atoms with Crippen LogP contribution in [0.5, 0.6) is 0 Å². The van der Waals surface area contributed by atoms with Gasteiger partial charge in [-0.25, -0.2) is 0 Å². The lowest BCUT2D eigenvalue weighted by atomic mass is 10.1. The minimum absolute atomic E-state index is 0.275. The average Bonchev–Trinajstić information content (AvgIpc) is 2.77. The van der Waals surface area contributed by atoms with Gasteiger partial charge in [-0.3, -0.25) is 30.6 Å². The van der Waals surface area contributed by atoms with Crippen molar-refractivity contribution in [2.45, 2.75) is 91.4 Å². The van der Waals surface area contributed by atoms with Gasteiger partial charge in [0.2, 0.25) is 0 Å². The number of hydrogen-bond acceptors (Lipinski definition) is 4. The maximum absolute atomic E-state index is 5.89. The Morgan fingerprint density at radius 3 is 1.42 bits per heavy atom. The van der Waals surface area contributed by atoms with Gasteiger partial charge in [-0.05, 0) is 25.2 Å². The Bertz CT molecular complexity index is 598. The Morgan fingerprint density at radius 1 is 0.576 bits per heavy atom. The van der Waals surface area contributed by atoms with Crippen LogP contribution in [0.4, 0.5) is 0 Å². The van der Waals surface area contributed by atoms with E-state index in [-0.39, 0.29) is 17.8 Å². The van der Waals surface area contributed by atoms with Gasteiger partial charge in [0, 0.05) is 26.2 Å². The van der Waals surface area contributed by atoms with Crippen LogP contribution in [0, 0.1) is 5.92 Å². The Kier molecular flexibility index (Phi) is 19.7. The van der Waals surface area contributed by atoms with Crippen molar-refractivity contribution in [3.8, 4) is 0 Å². The molecule has 0 aliphatic rings. The average molecular weight is 467 g/mol. The maximum atomic E-state index is 5.89. The molecule has 0 aromatic carbocycles. The van der Waals surface area contributed by atoms with Gasteiger partial charge < -0.3 is 22.9 Å². The lowest BCUT2D eigenvalue weighted by molar-refractivity contribution is 0.553. The van der Waals surface area contributed by atoms with Gasteiger partial charge in [-0.1, -0.05) is 72.1 Å². The number of nitrogens with two attached hydrogens (primary N) is 4. The molecule has 0 spiro atoms. The summed E-state index contributed by atoms with van der Waals surface area (Å²) in [6.07, 6.45) is 12.7. The van der Waals surface area contributed by atoms with Crippen LogP contribution < -0.4 is 33.6 Å². The van der Waals surface area contributed by atoms with E-state index >= 15 is 0 Å². The highest BCUT2D eigenvalue weighted by atomic mass is 15.2. The summed E-state index contributed by atoms with van der Waals surface area (Å²) in [6.45, 7) is 9.02. The zero-order chi connectivity index (χ0) is 24.7. The number of guanidine groups is 4. The van der Waals surface area contributed by atoms with E-state index in [0.717, 1.165) is 19.3 Å². The van der Waals surface area contributed by atoms with Gasteiger partial charge in [0.15, 0.2) is 23.8 Å². The molecule has 10 heteroatoms. The minimum atomic E-state index is 0.275. The molecule has 0 radical (unpaired) electrons. The molecular formula is C23H50N10. The lowest BCUT2D eigenvalue weighted by Crippen LogP contribution is -2.42. The third-order valence-corrected chi connectivity index (χ3v) is 5.08. The first-order chi connectivity index (χ1) is 15.9. The summed E-state index contributed by atoms with van der Waals surface area (Å²) in [5.41, 5.74) is 23.5. The van der Waals surface area contributed by atoms with E-state index in [1.165, 1.54) is 51.4 Å². The summed E-state index contributed by atoms with van der Waals surface area (Å²) in [5.74, 6) is 1.45. The zero-order valence-corrected chi connectivity index (χ0v) is 21.3.